The molecule has 1 aliphatic heterocycles. The summed E-state index contributed by atoms with van der Waals surface area (Å²) in [4.78, 5) is 20.0. The number of nitrogens with one attached hydrogen (secondary N) is 2. The molecule has 0 spiro atoms. The van der Waals surface area contributed by atoms with Crippen LogP contribution in [0.4, 0.5) is 0 Å². The molecule has 6 nitrogen and oxygen atoms in total. The molecule has 5 rings (SSSR count). The number of aromatic amines is 1. The lowest BCUT2D eigenvalue weighted by Gasteiger charge is -2.22. The van der Waals surface area contributed by atoms with Crippen molar-refractivity contribution in [1.29, 1.82) is 0 Å². The van der Waals surface area contributed by atoms with Crippen LogP contribution in [0.15, 0.2) is 42.6 Å². The number of esters is 1. The summed E-state index contributed by atoms with van der Waals surface area (Å²) < 4.78 is 7.10. The van der Waals surface area contributed by atoms with Crippen LogP contribution < -0.4 is 5.32 Å². The number of piperidine rings is 1. The number of carbonyl (C=O) groups is 1. The van der Waals surface area contributed by atoms with Crippen molar-refractivity contribution in [3.8, 4) is 11.4 Å². The van der Waals surface area contributed by atoms with E-state index in [1.165, 1.54) is 32.8 Å². The van der Waals surface area contributed by atoms with Gasteiger partial charge in [0, 0.05) is 23.7 Å². The molecule has 0 aliphatic carbocycles. The van der Waals surface area contributed by atoms with Gasteiger partial charge in [0.2, 0.25) is 0 Å². The SMILES string of the molecule is COC(=O)c1ccc2nc(-c3cccc4c3c(Cl)cn4CCCCC3CCNCC3)[nH]c2c1. The summed E-state index contributed by atoms with van der Waals surface area (Å²) in [6.45, 7) is 3.29. The zero-order valence-corrected chi connectivity index (χ0v) is 19.6. The minimum absolute atomic E-state index is 0.365. The zero-order chi connectivity index (χ0) is 22.8. The number of ether oxygens (including phenoxy) is 1. The second-order valence-corrected chi connectivity index (χ2v) is 9.28. The van der Waals surface area contributed by atoms with E-state index in [2.05, 4.69) is 20.9 Å². The molecule has 1 aliphatic rings. The predicted molar refractivity (Wildman–Crippen MR) is 133 cm³/mol. The van der Waals surface area contributed by atoms with Crippen molar-refractivity contribution in [3.05, 3.63) is 53.2 Å². The molecule has 172 valence electrons. The van der Waals surface area contributed by atoms with E-state index in [0.717, 1.165) is 70.3 Å². The average Bonchev–Trinajstić information content (AvgIpc) is 3.42. The summed E-state index contributed by atoms with van der Waals surface area (Å²) in [7, 11) is 1.38. The van der Waals surface area contributed by atoms with Crippen molar-refractivity contribution in [2.45, 2.75) is 38.6 Å². The van der Waals surface area contributed by atoms with E-state index in [4.69, 9.17) is 21.3 Å². The van der Waals surface area contributed by atoms with Crippen molar-refractivity contribution < 1.29 is 9.53 Å². The van der Waals surface area contributed by atoms with E-state index >= 15 is 0 Å². The van der Waals surface area contributed by atoms with Crippen LogP contribution in [0.3, 0.4) is 0 Å². The highest BCUT2D eigenvalue weighted by Crippen LogP contribution is 2.35. The molecule has 0 unspecified atom stereocenters. The Balaban J connectivity index is 1.38. The topological polar surface area (TPSA) is 71.9 Å². The summed E-state index contributed by atoms with van der Waals surface area (Å²) in [5.41, 5.74) is 4.16. The summed E-state index contributed by atoms with van der Waals surface area (Å²) in [5, 5.41) is 5.18. The summed E-state index contributed by atoms with van der Waals surface area (Å²) in [6, 6.07) is 11.5. The largest absolute Gasteiger partial charge is 0.465 e. The van der Waals surface area contributed by atoms with Crippen molar-refractivity contribution in [3.63, 3.8) is 0 Å². The molecule has 0 atom stereocenters. The number of carbonyl (C=O) groups excluding carboxylic acids is 1. The third-order valence-electron chi connectivity index (χ3n) is 6.74. The van der Waals surface area contributed by atoms with Gasteiger partial charge in [0.25, 0.3) is 0 Å². The maximum atomic E-state index is 11.9. The number of rotatable bonds is 7. The number of nitrogens with zero attached hydrogens (tertiary/aromatic N) is 2. The standard InChI is InChI=1S/C26H29ClN4O2/c1-33-26(32)18-8-9-21-22(15-18)30-25(29-21)19-6-4-7-23-24(19)20(27)16-31(23)14-3-2-5-17-10-12-28-13-11-17/h4,6-9,15-17,28H,2-3,5,10-14H2,1H3,(H,29,30). The summed E-state index contributed by atoms with van der Waals surface area (Å²) in [6.07, 6.45) is 8.36. The molecule has 0 saturated carbocycles. The van der Waals surface area contributed by atoms with Crippen LogP contribution in [-0.4, -0.2) is 40.7 Å². The molecule has 0 bridgehead atoms. The maximum absolute atomic E-state index is 11.9. The number of methoxy groups -OCH3 is 1. The fraction of sp³-hybridized carbons (Fsp3) is 0.385. The third-order valence-corrected chi connectivity index (χ3v) is 7.02. The number of hydrogen-bond acceptors (Lipinski definition) is 4. The molecule has 0 amide bonds. The molecular weight excluding hydrogens is 436 g/mol. The van der Waals surface area contributed by atoms with Gasteiger partial charge in [-0.05, 0) is 62.5 Å². The van der Waals surface area contributed by atoms with Gasteiger partial charge >= 0.3 is 5.97 Å². The van der Waals surface area contributed by atoms with Gasteiger partial charge in [0.15, 0.2) is 0 Å². The molecule has 33 heavy (non-hydrogen) atoms. The van der Waals surface area contributed by atoms with Gasteiger partial charge in [0.05, 0.1) is 34.2 Å². The van der Waals surface area contributed by atoms with Crippen LogP contribution in [0, 0.1) is 5.92 Å². The summed E-state index contributed by atoms with van der Waals surface area (Å²) in [5.74, 6) is 1.24. The van der Waals surface area contributed by atoms with Gasteiger partial charge in [-0.1, -0.05) is 36.6 Å². The average molecular weight is 465 g/mol. The molecule has 7 heteroatoms. The van der Waals surface area contributed by atoms with Crippen molar-refractivity contribution in [1.82, 2.24) is 19.9 Å². The molecule has 0 radical (unpaired) electrons. The molecule has 1 saturated heterocycles. The van der Waals surface area contributed by atoms with E-state index in [1.54, 1.807) is 12.1 Å². The van der Waals surface area contributed by atoms with Crippen molar-refractivity contribution >= 4 is 39.5 Å². The van der Waals surface area contributed by atoms with Crippen molar-refractivity contribution in [2.75, 3.05) is 20.2 Å². The van der Waals surface area contributed by atoms with Gasteiger partial charge in [-0.2, -0.15) is 0 Å². The molecular formula is C26H29ClN4O2. The second kappa shape index (κ2) is 9.57. The molecule has 2 N–H and O–H groups in total. The lowest BCUT2D eigenvalue weighted by Crippen LogP contribution is -2.27. The normalized spacial score (nSPS) is 14.8. The minimum atomic E-state index is -0.365. The first kappa shape index (κ1) is 22.0. The fourth-order valence-corrected chi connectivity index (χ4v) is 5.27. The number of unbranched alkanes of at least 4 members (excludes halogenated alkanes) is 1. The van der Waals surface area contributed by atoms with Gasteiger partial charge < -0.3 is 19.6 Å². The smallest absolute Gasteiger partial charge is 0.337 e. The van der Waals surface area contributed by atoms with E-state index in [1.807, 2.05) is 24.4 Å². The number of benzene rings is 2. The van der Waals surface area contributed by atoms with E-state index < -0.39 is 0 Å². The van der Waals surface area contributed by atoms with E-state index in [9.17, 15) is 4.79 Å². The Bertz CT molecular complexity index is 1290. The third kappa shape index (κ3) is 4.50. The van der Waals surface area contributed by atoms with Gasteiger partial charge in [-0.15, -0.1) is 0 Å². The Morgan fingerprint density at radius 2 is 2.06 bits per heavy atom. The number of aromatic nitrogens is 3. The van der Waals surface area contributed by atoms with Crippen LogP contribution in [0.2, 0.25) is 5.02 Å². The lowest BCUT2D eigenvalue weighted by molar-refractivity contribution is 0.0601. The first-order chi connectivity index (χ1) is 16.1. The number of aryl methyl sites for hydroxylation is 1. The predicted octanol–water partition coefficient (Wildman–Crippen LogP) is 5.79. The maximum Gasteiger partial charge on any atom is 0.337 e. The second-order valence-electron chi connectivity index (χ2n) is 8.87. The monoisotopic (exact) mass is 464 g/mol. The molecule has 2 aromatic heterocycles. The molecule has 1 fully saturated rings. The number of hydrogen-bond donors (Lipinski definition) is 2. The Hall–Kier alpha value is -2.83. The highest BCUT2D eigenvalue weighted by Gasteiger charge is 2.17. The van der Waals surface area contributed by atoms with Crippen LogP contribution >= 0.6 is 11.6 Å². The van der Waals surface area contributed by atoms with Crippen LogP contribution in [0.25, 0.3) is 33.3 Å². The van der Waals surface area contributed by atoms with Gasteiger partial charge in [-0.3, -0.25) is 0 Å². The number of halogens is 1. The quantitative estimate of drug-likeness (QED) is 0.268. The Morgan fingerprint density at radius 3 is 2.88 bits per heavy atom. The van der Waals surface area contributed by atoms with Crippen LogP contribution in [0.1, 0.15) is 42.5 Å². The zero-order valence-electron chi connectivity index (χ0n) is 18.9. The van der Waals surface area contributed by atoms with Crippen LogP contribution in [-0.2, 0) is 11.3 Å². The number of H-pyrrole nitrogens is 1. The van der Waals surface area contributed by atoms with Gasteiger partial charge in [-0.25, -0.2) is 9.78 Å². The Labute approximate surface area is 198 Å². The number of fused-ring (bicyclic) bond motifs is 2. The van der Waals surface area contributed by atoms with Gasteiger partial charge in [0.1, 0.15) is 5.82 Å². The highest BCUT2D eigenvalue weighted by atomic mass is 35.5. The Kier molecular flexibility index (Phi) is 6.38. The Morgan fingerprint density at radius 1 is 1.21 bits per heavy atom. The lowest BCUT2D eigenvalue weighted by atomic mass is 9.92. The fourth-order valence-electron chi connectivity index (χ4n) is 4.95. The molecule has 3 heterocycles. The summed E-state index contributed by atoms with van der Waals surface area (Å²) >= 11 is 6.72. The number of imidazole rings is 1. The van der Waals surface area contributed by atoms with Crippen LogP contribution in [0.5, 0.6) is 0 Å². The highest BCUT2D eigenvalue weighted by molar-refractivity contribution is 6.36. The molecule has 2 aromatic carbocycles. The van der Waals surface area contributed by atoms with Crippen molar-refractivity contribution in [2.24, 2.45) is 5.92 Å². The van der Waals surface area contributed by atoms with E-state index in [-0.39, 0.29) is 5.97 Å². The molecule has 4 aromatic rings. The first-order valence-electron chi connectivity index (χ1n) is 11.7. The first-order valence-corrected chi connectivity index (χ1v) is 12.1. The minimum Gasteiger partial charge on any atom is -0.465 e. The van der Waals surface area contributed by atoms with E-state index in [0.29, 0.717) is 5.56 Å².